The van der Waals surface area contributed by atoms with Gasteiger partial charge in [-0.15, -0.1) is 0 Å². The largest absolute Gasteiger partial charge is 0.314 e. The van der Waals surface area contributed by atoms with Crippen LogP contribution in [0.1, 0.15) is 59.8 Å². The van der Waals surface area contributed by atoms with Crippen molar-refractivity contribution in [2.75, 3.05) is 26.2 Å². The third-order valence-corrected chi connectivity index (χ3v) is 6.08. The summed E-state index contributed by atoms with van der Waals surface area (Å²) in [5.41, 5.74) is 0.546. The highest BCUT2D eigenvalue weighted by Gasteiger charge is 2.35. The second-order valence-corrected chi connectivity index (χ2v) is 9.43. The van der Waals surface area contributed by atoms with Gasteiger partial charge in [0.15, 0.2) is 0 Å². The molecule has 2 atom stereocenters. The average Bonchev–Trinajstić information content (AvgIpc) is 2.36. The van der Waals surface area contributed by atoms with Crippen LogP contribution < -0.4 is 5.32 Å². The fraction of sp³-hybridized carbons (Fsp3) is 1.00. The van der Waals surface area contributed by atoms with Gasteiger partial charge in [0.2, 0.25) is 0 Å². The monoisotopic (exact) mass is 298 g/mol. The highest BCUT2D eigenvalue weighted by atomic mass is 32.2. The summed E-state index contributed by atoms with van der Waals surface area (Å²) in [6.07, 6.45) is 7.19. The van der Waals surface area contributed by atoms with Crippen molar-refractivity contribution in [1.82, 2.24) is 10.2 Å². The van der Waals surface area contributed by atoms with E-state index in [9.17, 15) is 0 Å². The van der Waals surface area contributed by atoms with Gasteiger partial charge in [0.25, 0.3) is 0 Å². The molecule has 118 valence electrons. The average molecular weight is 299 g/mol. The van der Waals surface area contributed by atoms with Gasteiger partial charge in [0, 0.05) is 42.7 Å². The fourth-order valence-corrected chi connectivity index (χ4v) is 5.39. The summed E-state index contributed by atoms with van der Waals surface area (Å²) in [6, 6.07) is 0.614. The molecule has 0 bridgehead atoms. The Morgan fingerprint density at radius 3 is 2.25 bits per heavy atom. The molecule has 2 fully saturated rings. The summed E-state index contributed by atoms with van der Waals surface area (Å²) < 4.78 is 0. The minimum absolute atomic E-state index is 0.546. The maximum atomic E-state index is 3.74. The molecular weight excluding hydrogens is 264 g/mol. The molecule has 1 saturated carbocycles. The molecule has 0 spiro atoms. The zero-order valence-corrected chi connectivity index (χ0v) is 14.8. The van der Waals surface area contributed by atoms with Crippen molar-refractivity contribution >= 4 is 11.8 Å². The predicted octanol–water partition coefficient (Wildman–Crippen LogP) is 3.76. The quantitative estimate of drug-likeness (QED) is 0.832. The summed E-state index contributed by atoms with van der Waals surface area (Å²) in [5.74, 6) is 0. The maximum Gasteiger partial charge on any atom is 0.0149 e. The highest BCUT2D eigenvalue weighted by Crippen LogP contribution is 2.38. The summed E-state index contributed by atoms with van der Waals surface area (Å²) in [7, 11) is 0. The van der Waals surface area contributed by atoms with Crippen molar-refractivity contribution in [3.8, 4) is 0 Å². The van der Waals surface area contributed by atoms with Gasteiger partial charge in [-0.3, -0.25) is 0 Å². The van der Waals surface area contributed by atoms with Crippen LogP contribution in [0.3, 0.4) is 0 Å². The van der Waals surface area contributed by atoms with Gasteiger partial charge in [-0.2, -0.15) is 11.8 Å². The maximum absolute atomic E-state index is 3.74. The van der Waals surface area contributed by atoms with Crippen molar-refractivity contribution in [2.24, 2.45) is 5.41 Å². The molecule has 1 aliphatic heterocycles. The van der Waals surface area contributed by atoms with Gasteiger partial charge in [-0.25, -0.2) is 0 Å². The van der Waals surface area contributed by atoms with E-state index in [4.69, 9.17) is 0 Å². The third-order valence-electron chi connectivity index (χ3n) is 4.85. The Morgan fingerprint density at radius 2 is 1.70 bits per heavy atom. The van der Waals surface area contributed by atoms with E-state index in [1.54, 1.807) is 0 Å². The zero-order chi connectivity index (χ0) is 14.6. The zero-order valence-electron chi connectivity index (χ0n) is 14.0. The van der Waals surface area contributed by atoms with Gasteiger partial charge in [0.1, 0.15) is 0 Å². The molecule has 1 heterocycles. The van der Waals surface area contributed by atoms with E-state index >= 15 is 0 Å². The second-order valence-electron chi connectivity index (χ2n) is 7.55. The summed E-state index contributed by atoms with van der Waals surface area (Å²) in [4.78, 5) is 2.76. The molecule has 1 N–H and O–H groups in total. The first-order valence-electron chi connectivity index (χ1n) is 8.60. The molecule has 0 aromatic carbocycles. The molecular formula is C17H34N2S. The Labute approximate surface area is 130 Å². The minimum Gasteiger partial charge on any atom is -0.314 e. The topological polar surface area (TPSA) is 15.3 Å². The lowest BCUT2D eigenvalue weighted by molar-refractivity contribution is 0.0989. The van der Waals surface area contributed by atoms with Crippen molar-refractivity contribution in [1.29, 1.82) is 0 Å². The highest BCUT2D eigenvalue weighted by molar-refractivity contribution is 8.00. The summed E-state index contributed by atoms with van der Waals surface area (Å²) >= 11 is 2.17. The minimum atomic E-state index is 0.546. The van der Waals surface area contributed by atoms with E-state index in [1.807, 2.05) is 0 Å². The van der Waals surface area contributed by atoms with E-state index in [-0.39, 0.29) is 0 Å². The van der Waals surface area contributed by atoms with Gasteiger partial charge in [0.05, 0.1) is 0 Å². The van der Waals surface area contributed by atoms with Gasteiger partial charge in [-0.05, 0) is 18.3 Å². The lowest BCUT2D eigenvalue weighted by Crippen LogP contribution is -2.50. The lowest BCUT2D eigenvalue weighted by atomic mass is 9.73. The standard InChI is InChI=1S/C17H34N2S/c1-14(2)18-12-17(8-6-5-7-9-17)13-19-10-15(3)20-16(4)11-19/h14-16,18H,5-13H2,1-4H3. The van der Waals surface area contributed by atoms with Gasteiger partial charge < -0.3 is 10.2 Å². The normalized spacial score (nSPS) is 31.6. The first-order valence-corrected chi connectivity index (χ1v) is 9.55. The molecule has 2 aliphatic rings. The molecule has 2 unspecified atom stereocenters. The Balaban J connectivity index is 1.95. The van der Waals surface area contributed by atoms with Crippen LogP contribution in [0.25, 0.3) is 0 Å². The number of hydrogen-bond acceptors (Lipinski definition) is 3. The van der Waals surface area contributed by atoms with Crippen LogP contribution in [-0.4, -0.2) is 47.6 Å². The molecule has 3 heteroatoms. The van der Waals surface area contributed by atoms with Crippen molar-refractivity contribution in [2.45, 2.75) is 76.3 Å². The summed E-state index contributed by atoms with van der Waals surface area (Å²) in [6.45, 7) is 14.5. The lowest BCUT2D eigenvalue weighted by Gasteiger charge is -2.45. The number of nitrogens with one attached hydrogen (secondary N) is 1. The Kier molecular flexibility index (Phi) is 6.25. The Morgan fingerprint density at radius 1 is 1.10 bits per heavy atom. The molecule has 1 aliphatic carbocycles. The third kappa shape index (κ3) is 4.92. The molecule has 2 nitrogen and oxygen atoms in total. The van der Waals surface area contributed by atoms with Crippen LogP contribution in [-0.2, 0) is 0 Å². The van der Waals surface area contributed by atoms with Crippen LogP contribution in [0.5, 0.6) is 0 Å². The van der Waals surface area contributed by atoms with E-state index < -0.39 is 0 Å². The summed E-state index contributed by atoms with van der Waals surface area (Å²) in [5, 5.41) is 5.34. The molecule has 0 radical (unpaired) electrons. The van der Waals surface area contributed by atoms with Crippen molar-refractivity contribution < 1.29 is 0 Å². The van der Waals surface area contributed by atoms with Crippen LogP contribution >= 0.6 is 11.8 Å². The first-order chi connectivity index (χ1) is 9.49. The van der Waals surface area contributed by atoms with Gasteiger partial charge in [-0.1, -0.05) is 47.0 Å². The van der Waals surface area contributed by atoms with E-state index in [0.717, 1.165) is 10.5 Å². The molecule has 1 saturated heterocycles. The molecule has 0 aromatic heterocycles. The predicted molar refractivity (Wildman–Crippen MR) is 91.6 cm³/mol. The SMILES string of the molecule is CC(C)NCC1(CN2CC(C)SC(C)C2)CCCCC1. The smallest absolute Gasteiger partial charge is 0.0149 e. The van der Waals surface area contributed by atoms with Crippen molar-refractivity contribution in [3.05, 3.63) is 0 Å². The van der Waals surface area contributed by atoms with Crippen molar-refractivity contribution in [3.63, 3.8) is 0 Å². The van der Waals surface area contributed by atoms with Crippen LogP contribution in [0.2, 0.25) is 0 Å². The number of nitrogens with zero attached hydrogens (tertiary/aromatic N) is 1. The molecule has 2 rings (SSSR count). The van der Waals surface area contributed by atoms with Crippen LogP contribution in [0, 0.1) is 5.41 Å². The number of hydrogen-bond donors (Lipinski definition) is 1. The van der Waals surface area contributed by atoms with E-state index in [1.165, 1.54) is 58.3 Å². The van der Waals surface area contributed by atoms with Crippen LogP contribution in [0.15, 0.2) is 0 Å². The van der Waals surface area contributed by atoms with E-state index in [0.29, 0.717) is 11.5 Å². The van der Waals surface area contributed by atoms with Crippen LogP contribution in [0.4, 0.5) is 0 Å². The van der Waals surface area contributed by atoms with E-state index in [2.05, 4.69) is 49.7 Å². The second kappa shape index (κ2) is 7.51. The van der Waals surface area contributed by atoms with Gasteiger partial charge >= 0.3 is 0 Å². The Bertz CT molecular complexity index is 277. The molecule has 0 amide bonds. The fourth-order valence-electron chi connectivity index (χ4n) is 4.00. The number of thioether (sulfide) groups is 1. The molecule has 20 heavy (non-hydrogen) atoms. The molecule has 0 aromatic rings. The first kappa shape index (κ1) is 16.6. The number of rotatable bonds is 5. The Hall–Kier alpha value is 0.270.